The average molecular weight is 525 g/mol. The molecule has 9 heteroatoms. The number of para-hydroxylation sites is 1. The van der Waals surface area contributed by atoms with Crippen molar-refractivity contribution in [3.05, 3.63) is 88.9 Å². The summed E-state index contributed by atoms with van der Waals surface area (Å²) in [7, 11) is 2.07. The first-order chi connectivity index (χ1) is 19.0. The Morgan fingerprint density at radius 1 is 1.08 bits per heavy atom. The quantitative estimate of drug-likeness (QED) is 0.368. The lowest BCUT2D eigenvalue weighted by Gasteiger charge is -2.36. The molecule has 0 bridgehead atoms. The molecular weight excluding hydrogens is 492 g/mol. The second kappa shape index (κ2) is 10.4. The number of fused-ring (bicyclic) bond motifs is 1. The van der Waals surface area contributed by atoms with E-state index in [2.05, 4.69) is 22.1 Å². The fourth-order valence-electron chi connectivity index (χ4n) is 5.56. The van der Waals surface area contributed by atoms with Gasteiger partial charge in [0.25, 0.3) is 5.56 Å². The second-order valence-electron chi connectivity index (χ2n) is 10.3. The third kappa shape index (κ3) is 4.93. The fourth-order valence-corrected chi connectivity index (χ4v) is 5.56. The molecule has 2 aliphatic heterocycles. The molecule has 200 valence electrons. The predicted octanol–water partition coefficient (Wildman–Crippen LogP) is 4.05. The van der Waals surface area contributed by atoms with Gasteiger partial charge in [-0.2, -0.15) is 5.10 Å². The maximum Gasteiger partial charge on any atom is 0.274 e. The van der Waals surface area contributed by atoms with Gasteiger partial charge in [0.05, 0.1) is 5.39 Å². The number of likely N-dealkylation sites (tertiary alicyclic amines) is 2. The summed E-state index contributed by atoms with van der Waals surface area (Å²) in [5.41, 5.74) is 8.31. The average Bonchev–Trinajstić information content (AvgIpc) is 3.37. The number of nitrogens with two attached hydrogens (primary N) is 1. The molecule has 0 radical (unpaired) electrons. The molecule has 6 rings (SSSR count). The van der Waals surface area contributed by atoms with E-state index in [1.54, 1.807) is 6.08 Å². The van der Waals surface area contributed by atoms with Gasteiger partial charge in [0.1, 0.15) is 17.0 Å². The summed E-state index contributed by atoms with van der Waals surface area (Å²) in [5, 5.41) is 7.12. The van der Waals surface area contributed by atoms with Gasteiger partial charge in [-0.15, -0.1) is 0 Å². The lowest BCUT2D eigenvalue weighted by Crippen LogP contribution is -2.43. The third-order valence-electron chi connectivity index (χ3n) is 7.85. The monoisotopic (exact) mass is 524 g/mol. The van der Waals surface area contributed by atoms with Crippen LogP contribution >= 0.6 is 0 Å². The number of anilines is 1. The number of nitrogens with one attached hydrogen (secondary N) is 1. The van der Waals surface area contributed by atoms with Gasteiger partial charge >= 0.3 is 0 Å². The van der Waals surface area contributed by atoms with Gasteiger partial charge in [-0.1, -0.05) is 24.3 Å². The van der Waals surface area contributed by atoms with Crippen molar-refractivity contribution < 1.29 is 9.53 Å². The highest BCUT2D eigenvalue weighted by atomic mass is 16.5. The summed E-state index contributed by atoms with van der Waals surface area (Å²) < 4.78 is 7.86. The molecule has 0 saturated carbocycles. The van der Waals surface area contributed by atoms with Crippen molar-refractivity contribution in [2.24, 2.45) is 0 Å². The molecule has 2 atom stereocenters. The molecule has 2 aromatic carbocycles. The number of rotatable bonds is 6. The van der Waals surface area contributed by atoms with E-state index in [-0.39, 0.29) is 23.2 Å². The number of benzene rings is 2. The summed E-state index contributed by atoms with van der Waals surface area (Å²) in [5.74, 6) is 1.73. The first kappa shape index (κ1) is 24.9. The fraction of sp³-hybridized carbons (Fsp3) is 0.300. The van der Waals surface area contributed by atoms with Crippen LogP contribution in [0.3, 0.4) is 0 Å². The lowest BCUT2D eigenvalue weighted by molar-refractivity contribution is -0.127. The Bertz CT molecular complexity index is 1570. The SMILES string of the molecule is CN1CCC1/C=C/C(=O)N1CCCC(c2cn(-c3ccc(Oc4ccccc4)cc3)c3c(N)n[nH]c(=O)c23)C1. The van der Waals surface area contributed by atoms with Crippen LogP contribution in [0.5, 0.6) is 11.5 Å². The molecule has 4 heterocycles. The second-order valence-corrected chi connectivity index (χ2v) is 10.3. The number of aromatic amines is 1. The van der Waals surface area contributed by atoms with E-state index < -0.39 is 0 Å². The van der Waals surface area contributed by atoms with Gasteiger partial charge in [0.2, 0.25) is 5.91 Å². The van der Waals surface area contributed by atoms with Crippen molar-refractivity contribution in [2.45, 2.75) is 31.2 Å². The minimum atomic E-state index is -0.284. The van der Waals surface area contributed by atoms with Gasteiger partial charge in [0.15, 0.2) is 5.82 Å². The van der Waals surface area contributed by atoms with Crippen LogP contribution < -0.4 is 16.0 Å². The van der Waals surface area contributed by atoms with Crippen molar-refractivity contribution in [1.82, 2.24) is 24.6 Å². The van der Waals surface area contributed by atoms with E-state index >= 15 is 0 Å². The number of hydrogen-bond acceptors (Lipinski definition) is 6. The van der Waals surface area contributed by atoms with E-state index in [0.717, 1.165) is 42.8 Å². The molecule has 2 aliphatic rings. The maximum atomic E-state index is 13.1. The first-order valence-corrected chi connectivity index (χ1v) is 13.4. The van der Waals surface area contributed by atoms with Crippen molar-refractivity contribution in [1.29, 1.82) is 0 Å². The number of amides is 1. The number of nitrogen functional groups attached to an aromatic ring is 1. The van der Waals surface area contributed by atoms with Gasteiger partial charge in [-0.3, -0.25) is 14.5 Å². The number of nitrogens with zero attached hydrogens (tertiary/aromatic N) is 4. The van der Waals surface area contributed by atoms with Crippen LogP contribution in [0.4, 0.5) is 5.82 Å². The molecule has 2 aromatic heterocycles. The van der Waals surface area contributed by atoms with Crippen molar-refractivity contribution in [3.8, 4) is 17.2 Å². The van der Waals surface area contributed by atoms with Crippen LogP contribution in [0.2, 0.25) is 0 Å². The summed E-state index contributed by atoms with van der Waals surface area (Å²) in [6.07, 6.45) is 8.51. The number of carbonyl (C=O) groups is 1. The van der Waals surface area contributed by atoms with Gasteiger partial charge in [-0.25, -0.2) is 5.10 Å². The number of H-pyrrole nitrogens is 1. The number of hydrogen-bond donors (Lipinski definition) is 2. The Balaban J connectivity index is 1.30. The predicted molar refractivity (Wildman–Crippen MR) is 151 cm³/mol. The van der Waals surface area contributed by atoms with E-state index in [9.17, 15) is 9.59 Å². The minimum Gasteiger partial charge on any atom is -0.457 e. The number of carbonyl (C=O) groups excluding carboxylic acids is 1. The number of piperidine rings is 1. The molecule has 2 fully saturated rings. The molecule has 0 spiro atoms. The molecule has 1 amide bonds. The number of likely N-dealkylation sites (N-methyl/N-ethyl adjacent to an activating group) is 1. The van der Waals surface area contributed by atoms with Crippen molar-refractivity contribution in [2.75, 3.05) is 32.4 Å². The normalized spacial score (nSPS) is 19.9. The highest BCUT2D eigenvalue weighted by Gasteiger charge is 2.29. The van der Waals surface area contributed by atoms with Crippen molar-refractivity contribution >= 4 is 22.6 Å². The molecule has 2 saturated heterocycles. The highest BCUT2D eigenvalue weighted by Crippen LogP contribution is 2.35. The maximum absolute atomic E-state index is 13.1. The Labute approximate surface area is 226 Å². The van der Waals surface area contributed by atoms with E-state index in [4.69, 9.17) is 10.5 Å². The molecule has 9 nitrogen and oxygen atoms in total. The Morgan fingerprint density at radius 2 is 1.85 bits per heavy atom. The van der Waals surface area contributed by atoms with Gasteiger partial charge in [0, 0.05) is 49.6 Å². The van der Waals surface area contributed by atoms with Crippen LogP contribution in [0.1, 0.15) is 30.7 Å². The smallest absolute Gasteiger partial charge is 0.274 e. The van der Waals surface area contributed by atoms with Crippen LogP contribution in [0.15, 0.2) is 77.7 Å². The topological polar surface area (TPSA) is 109 Å². The largest absolute Gasteiger partial charge is 0.457 e. The summed E-state index contributed by atoms with van der Waals surface area (Å²) in [6, 6.07) is 17.6. The molecule has 39 heavy (non-hydrogen) atoms. The van der Waals surface area contributed by atoms with E-state index in [0.29, 0.717) is 35.8 Å². The Morgan fingerprint density at radius 3 is 2.56 bits per heavy atom. The highest BCUT2D eigenvalue weighted by molar-refractivity contribution is 5.92. The zero-order valence-electron chi connectivity index (χ0n) is 21.9. The number of ether oxygens (including phenoxy) is 1. The van der Waals surface area contributed by atoms with Crippen molar-refractivity contribution in [3.63, 3.8) is 0 Å². The van der Waals surface area contributed by atoms with E-state index in [1.807, 2.05) is 76.3 Å². The minimum absolute atomic E-state index is 0.00909. The molecule has 0 aliphatic carbocycles. The van der Waals surface area contributed by atoms with Crippen LogP contribution in [-0.4, -0.2) is 63.2 Å². The molecule has 2 unspecified atom stereocenters. The van der Waals surface area contributed by atoms with Crippen LogP contribution in [0, 0.1) is 0 Å². The molecule has 4 aromatic rings. The zero-order chi connectivity index (χ0) is 26.9. The number of aromatic nitrogens is 3. The lowest BCUT2D eigenvalue weighted by atomic mass is 9.90. The standard InChI is InChI=1S/C30H32N6O3/c1-34-17-15-21(34)11-14-26(37)35-16-5-6-20(18-35)25-19-36(28-27(25)30(38)33-32-29(28)31)22-9-12-24(13-10-22)39-23-7-3-2-4-8-23/h2-4,7-14,19-21H,5-6,15-18H2,1H3,(H2,31,32)(H,33,38)/b14-11+. The summed E-state index contributed by atoms with van der Waals surface area (Å²) in [4.78, 5) is 30.2. The first-order valence-electron chi connectivity index (χ1n) is 13.4. The molecule has 3 N–H and O–H groups in total. The molecular formula is C30H32N6O3. The van der Waals surface area contributed by atoms with E-state index in [1.165, 1.54) is 0 Å². The zero-order valence-corrected chi connectivity index (χ0v) is 21.9. The van der Waals surface area contributed by atoms with Gasteiger partial charge in [-0.05, 0) is 68.3 Å². The summed E-state index contributed by atoms with van der Waals surface area (Å²) in [6.45, 7) is 2.32. The Kier molecular flexibility index (Phi) is 6.66. The van der Waals surface area contributed by atoms with Crippen LogP contribution in [-0.2, 0) is 4.79 Å². The summed E-state index contributed by atoms with van der Waals surface area (Å²) >= 11 is 0. The van der Waals surface area contributed by atoms with Crippen LogP contribution in [0.25, 0.3) is 16.6 Å². The van der Waals surface area contributed by atoms with Gasteiger partial charge < -0.3 is 19.9 Å². The third-order valence-corrected chi connectivity index (χ3v) is 7.85. The Hall–Kier alpha value is -4.37.